The van der Waals surface area contributed by atoms with Crippen molar-refractivity contribution in [1.82, 2.24) is 4.90 Å². The van der Waals surface area contributed by atoms with E-state index in [9.17, 15) is 4.79 Å². The highest BCUT2D eigenvalue weighted by Crippen LogP contribution is 2.40. The smallest absolute Gasteiger partial charge is 0.253 e. The maximum atomic E-state index is 12.8. The van der Waals surface area contributed by atoms with Gasteiger partial charge in [-0.2, -0.15) is 0 Å². The first kappa shape index (κ1) is 14.3. The molecule has 23 heavy (non-hydrogen) atoms. The van der Waals surface area contributed by atoms with E-state index in [1.165, 1.54) is 16.8 Å². The van der Waals surface area contributed by atoms with Crippen LogP contribution in [0.25, 0.3) is 0 Å². The predicted octanol–water partition coefficient (Wildman–Crippen LogP) is 3.81. The van der Waals surface area contributed by atoms with Crippen LogP contribution < -0.4 is 5.32 Å². The summed E-state index contributed by atoms with van der Waals surface area (Å²) in [6.45, 7) is 3.79. The van der Waals surface area contributed by atoms with Gasteiger partial charge in [-0.15, -0.1) is 0 Å². The van der Waals surface area contributed by atoms with Gasteiger partial charge in [0.2, 0.25) is 0 Å². The quantitative estimate of drug-likeness (QED) is 0.869. The van der Waals surface area contributed by atoms with Gasteiger partial charge in [0.1, 0.15) is 0 Å². The lowest BCUT2D eigenvalue weighted by molar-refractivity contribution is 0.0754. The van der Waals surface area contributed by atoms with Crippen LogP contribution in [0.3, 0.4) is 0 Å². The second kappa shape index (κ2) is 5.73. The van der Waals surface area contributed by atoms with Gasteiger partial charge in [0.05, 0.1) is 0 Å². The predicted molar refractivity (Wildman–Crippen MR) is 92.9 cm³/mol. The Bertz CT molecular complexity index is 726. The number of carbonyl (C=O) groups excluding carboxylic acids is 1. The van der Waals surface area contributed by atoms with Crippen molar-refractivity contribution < 1.29 is 4.79 Å². The van der Waals surface area contributed by atoms with Gasteiger partial charge in [-0.05, 0) is 43.5 Å². The van der Waals surface area contributed by atoms with Crippen molar-refractivity contribution in [3.8, 4) is 0 Å². The Kier molecular flexibility index (Phi) is 3.56. The standard InChI is InChI=1S/C20H22N2O/c1-14-9-10-19-16(12-14)17-13-22(11-5-8-18(17)21-19)20(23)15-6-3-2-4-7-15/h2-4,6-7,9-10,12,17-18,21H,5,8,11,13H2,1H3/t17-,18?/m0/s1. The number of benzene rings is 2. The maximum absolute atomic E-state index is 12.8. The number of amides is 1. The first-order chi connectivity index (χ1) is 11.2. The molecule has 1 saturated heterocycles. The van der Waals surface area contributed by atoms with Crippen molar-refractivity contribution in [2.75, 3.05) is 18.4 Å². The fourth-order valence-electron chi connectivity index (χ4n) is 3.91. The summed E-state index contributed by atoms with van der Waals surface area (Å²) in [7, 11) is 0. The molecule has 2 aromatic rings. The average Bonchev–Trinajstić information content (AvgIpc) is 2.77. The van der Waals surface area contributed by atoms with Crippen molar-refractivity contribution in [3.05, 3.63) is 65.2 Å². The van der Waals surface area contributed by atoms with Crippen LogP contribution in [-0.2, 0) is 0 Å². The molecular formula is C20H22N2O. The fraction of sp³-hybridized carbons (Fsp3) is 0.350. The van der Waals surface area contributed by atoms with E-state index in [0.717, 1.165) is 31.5 Å². The molecule has 0 bridgehead atoms. The molecule has 0 radical (unpaired) electrons. The summed E-state index contributed by atoms with van der Waals surface area (Å²) < 4.78 is 0. The minimum absolute atomic E-state index is 0.160. The Balaban J connectivity index is 1.62. The number of rotatable bonds is 1. The number of fused-ring (bicyclic) bond motifs is 3. The summed E-state index contributed by atoms with van der Waals surface area (Å²) in [5.41, 5.74) is 4.71. The third-order valence-corrected chi connectivity index (χ3v) is 5.10. The molecule has 0 aromatic heterocycles. The number of carbonyl (C=O) groups is 1. The number of aryl methyl sites for hydroxylation is 1. The molecule has 2 atom stereocenters. The number of anilines is 1. The lowest BCUT2D eigenvalue weighted by Crippen LogP contribution is -2.35. The van der Waals surface area contributed by atoms with E-state index < -0.39 is 0 Å². The minimum Gasteiger partial charge on any atom is -0.381 e. The summed E-state index contributed by atoms with van der Waals surface area (Å²) in [5, 5.41) is 3.66. The third-order valence-electron chi connectivity index (χ3n) is 5.10. The Morgan fingerprint density at radius 1 is 1.17 bits per heavy atom. The fourth-order valence-corrected chi connectivity index (χ4v) is 3.91. The second-order valence-electron chi connectivity index (χ2n) is 6.71. The van der Waals surface area contributed by atoms with E-state index >= 15 is 0 Å². The number of likely N-dealkylation sites (tertiary alicyclic amines) is 1. The summed E-state index contributed by atoms with van der Waals surface area (Å²) in [6, 6.07) is 16.7. The topological polar surface area (TPSA) is 32.3 Å². The monoisotopic (exact) mass is 306 g/mol. The van der Waals surface area contributed by atoms with E-state index in [1.54, 1.807) is 0 Å². The number of hydrogen-bond donors (Lipinski definition) is 1. The minimum atomic E-state index is 0.160. The summed E-state index contributed by atoms with van der Waals surface area (Å²) in [4.78, 5) is 14.9. The molecule has 2 heterocycles. The van der Waals surface area contributed by atoms with Gasteiger partial charge >= 0.3 is 0 Å². The largest absolute Gasteiger partial charge is 0.381 e. The van der Waals surface area contributed by atoms with Gasteiger partial charge in [-0.3, -0.25) is 4.79 Å². The van der Waals surface area contributed by atoms with Gasteiger partial charge in [-0.1, -0.05) is 35.9 Å². The molecule has 0 aliphatic carbocycles. The molecular weight excluding hydrogens is 284 g/mol. The molecule has 2 aliphatic heterocycles. The lowest BCUT2D eigenvalue weighted by Gasteiger charge is -2.25. The molecule has 2 aliphatic rings. The molecule has 0 saturated carbocycles. The number of nitrogens with one attached hydrogen (secondary N) is 1. The van der Waals surface area contributed by atoms with E-state index in [1.807, 2.05) is 35.2 Å². The average molecular weight is 306 g/mol. The van der Waals surface area contributed by atoms with Gasteiger partial charge < -0.3 is 10.2 Å². The summed E-state index contributed by atoms with van der Waals surface area (Å²) >= 11 is 0. The summed E-state index contributed by atoms with van der Waals surface area (Å²) in [5.74, 6) is 0.562. The Hall–Kier alpha value is -2.29. The maximum Gasteiger partial charge on any atom is 0.253 e. The lowest BCUT2D eigenvalue weighted by atomic mass is 9.92. The molecule has 1 fully saturated rings. The van der Waals surface area contributed by atoms with Crippen LogP contribution in [0, 0.1) is 6.92 Å². The Morgan fingerprint density at radius 2 is 2.00 bits per heavy atom. The third kappa shape index (κ3) is 2.61. The van der Waals surface area contributed by atoms with Crippen LogP contribution in [0.1, 0.15) is 40.2 Å². The molecule has 3 nitrogen and oxygen atoms in total. The Morgan fingerprint density at radius 3 is 2.83 bits per heavy atom. The van der Waals surface area contributed by atoms with Crippen LogP contribution in [0.5, 0.6) is 0 Å². The molecule has 1 unspecified atom stereocenters. The molecule has 1 amide bonds. The zero-order chi connectivity index (χ0) is 15.8. The van der Waals surface area contributed by atoms with Crippen LogP contribution in [0.2, 0.25) is 0 Å². The Labute approximate surface area is 137 Å². The van der Waals surface area contributed by atoms with Gasteiger partial charge in [0, 0.05) is 36.3 Å². The highest BCUT2D eigenvalue weighted by molar-refractivity contribution is 5.94. The second-order valence-corrected chi connectivity index (χ2v) is 6.71. The van der Waals surface area contributed by atoms with E-state index in [4.69, 9.17) is 0 Å². The molecule has 2 aromatic carbocycles. The van der Waals surface area contributed by atoms with E-state index in [-0.39, 0.29) is 5.91 Å². The van der Waals surface area contributed by atoms with Crippen LogP contribution in [0.4, 0.5) is 5.69 Å². The normalized spacial score (nSPS) is 22.7. The van der Waals surface area contributed by atoms with E-state index in [2.05, 4.69) is 30.4 Å². The zero-order valence-corrected chi connectivity index (χ0v) is 13.5. The first-order valence-electron chi connectivity index (χ1n) is 8.44. The number of hydrogen-bond acceptors (Lipinski definition) is 2. The van der Waals surface area contributed by atoms with Crippen molar-refractivity contribution in [2.24, 2.45) is 0 Å². The van der Waals surface area contributed by atoms with Gasteiger partial charge in [-0.25, -0.2) is 0 Å². The van der Waals surface area contributed by atoms with Crippen molar-refractivity contribution >= 4 is 11.6 Å². The van der Waals surface area contributed by atoms with Crippen LogP contribution in [-0.4, -0.2) is 29.9 Å². The molecule has 1 N–H and O–H groups in total. The SMILES string of the molecule is Cc1ccc2c(c1)[C@@H]1CN(C(=O)c3ccccc3)CCCC1N2. The summed E-state index contributed by atoms with van der Waals surface area (Å²) in [6.07, 6.45) is 2.18. The highest BCUT2D eigenvalue weighted by Gasteiger charge is 2.36. The van der Waals surface area contributed by atoms with Crippen LogP contribution >= 0.6 is 0 Å². The van der Waals surface area contributed by atoms with E-state index in [0.29, 0.717) is 12.0 Å². The first-order valence-corrected chi connectivity index (χ1v) is 8.44. The van der Waals surface area contributed by atoms with Crippen molar-refractivity contribution in [1.29, 1.82) is 0 Å². The zero-order valence-electron chi connectivity index (χ0n) is 13.5. The molecule has 118 valence electrons. The van der Waals surface area contributed by atoms with Crippen molar-refractivity contribution in [2.45, 2.75) is 31.7 Å². The molecule has 4 rings (SSSR count). The van der Waals surface area contributed by atoms with Gasteiger partial charge in [0.25, 0.3) is 5.91 Å². The molecule has 3 heteroatoms. The van der Waals surface area contributed by atoms with Crippen molar-refractivity contribution in [3.63, 3.8) is 0 Å². The van der Waals surface area contributed by atoms with Gasteiger partial charge in [0.15, 0.2) is 0 Å². The molecule has 0 spiro atoms. The van der Waals surface area contributed by atoms with Crippen LogP contribution in [0.15, 0.2) is 48.5 Å². The number of nitrogens with zero attached hydrogens (tertiary/aromatic N) is 1. The highest BCUT2D eigenvalue weighted by atomic mass is 16.2.